The summed E-state index contributed by atoms with van der Waals surface area (Å²) in [5.74, 6) is 0.295. The first-order chi connectivity index (χ1) is 8.16. The Hall–Kier alpha value is -1.35. The second-order valence-electron chi connectivity index (χ2n) is 4.84. The molecule has 1 aromatic carbocycles. The zero-order valence-corrected chi connectivity index (χ0v) is 10.5. The van der Waals surface area contributed by atoms with Gasteiger partial charge in [0.15, 0.2) is 0 Å². The van der Waals surface area contributed by atoms with Crippen LogP contribution in [0.2, 0.25) is 0 Å². The first kappa shape index (κ1) is 12.1. The van der Waals surface area contributed by atoms with E-state index in [1.165, 1.54) is 5.56 Å². The third-order valence-corrected chi connectivity index (χ3v) is 3.41. The van der Waals surface area contributed by atoms with Gasteiger partial charge in [-0.2, -0.15) is 0 Å². The molecule has 2 atom stereocenters. The molecule has 92 valence electrons. The maximum Gasteiger partial charge on any atom is 0.224 e. The van der Waals surface area contributed by atoms with Crippen molar-refractivity contribution < 1.29 is 4.79 Å². The summed E-state index contributed by atoms with van der Waals surface area (Å²) in [6.45, 7) is 5.71. The minimum atomic E-state index is 0.125. The van der Waals surface area contributed by atoms with Crippen LogP contribution in [0.15, 0.2) is 24.3 Å². The van der Waals surface area contributed by atoms with Crippen molar-refractivity contribution in [1.29, 1.82) is 0 Å². The number of hydrogen-bond acceptors (Lipinski definition) is 2. The Morgan fingerprint density at radius 2 is 2.35 bits per heavy atom. The van der Waals surface area contributed by atoms with Crippen molar-refractivity contribution in [2.24, 2.45) is 5.92 Å². The van der Waals surface area contributed by atoms with E-state index in [4.69, 9.17) is 0 Å². The highest BCUT2D eigenvalue weighted by molar-refractivity contribution is 5.79. The molecular formula is C14H20N2O. The van der Waals surface area contributed by atoms with Crippen LogP contribution in [0.4, 0.5) is 0 Å². The van der Waals surface area contributed by atoms with E-state index in [1.807, 2.05) is 12.1 Å². The van der Waals surface area contributed by atoms with E-state index in [9.17, 15) is 4.79 Å². The zero-order valence-electron chi connectivity index (χ0n) is 10.5. The van der Waals surface area contributed by atoms with E-state index < -0.39 is 0 Å². The quantitative estimate of drug-likeness (QED) is 0.831. The monoisotopic (exact) mass is 232 g/mol. The smallest absolute Gasteiger partial charge is 0.224 e. The normalized spacial score (nSPS) is 23.6. The summed E-state index contributed by atoms with van der Waals surface area (Å²) in [7, 11) is 0. The summed E-state index contributed by atoms with van der Waals surface area (Å²) in [6, 6.07) is 8.54. The van der Waals surface area contributed by atoms with Crippen LogP contribution in [0.5, 0.6) is 0 Å². The molecule has 2 unspecified atom stereocenters. The molecule has 3 heteroatoms. The molecule has 1 heterocycles. The van der Waals surface area contributed by atoms with Crippen molar-refractivity contribution in [1.82, 2.24) is 10.6 Å². The van der Waals surface area contributed by atoms with E-state index in [0.717, 1.165) is 18.5 Å². The molecule has 0 aromatic heterocycles. The van der Waals surface area contributed by atoms with Crippen LogP contribution in [0.1, 0.15) is 24.5 Å². The van der Waals surface area contributed by atoms with Crippen molar-refractivity contribution in [3.8, 4) is 0 Å². The molecule has 0 aliphatic carbocycles. The lowest BCUT2D eigenvalue weighted by molar-refractivity contribution is -0.125. The second-order valence-corrected chi connectivity index (χ2v) is 4.84. The first-order valence-corrected chi connectivity index (χ1v) is 6.23. The molecule has 0 radical (unpaired) electrons. The fraction of sp³-hybridized carbons (Fsp3) is 0.500. The van der Waals surface area contributed by atoms with Crippen molar-refractivity contribution >= 4 is 5.91 Å². The van der Waals surface area contributed by atoms with Gasteiger partial charge in [-0.25, -0.2) is 0 Å². The largest absolute Gasteiger partial charge is 0.352 e. The summed E-state index contributed by atoms with van der Waals surface area (Å²) < 4.78 is 0. The Morgan fingerprint density at radius 3 is 3.00 bits per heavy atom. The maximum atomic E-state index is 12.0. The standard InChI is InChI=1S/C14H20N2O/c1-10-4-3-5-12(8-10)9-16-14(17)13-6-7-15-11(13)2/h3-5,8,11,13,15H,6-7,9H2,1-2H3,(H,16,17). The Morgan fingerprint density at radius 1 is 1.53 bits per heavy atom. The molecule has 0 saturated carbocycles. The van der Waals surface area contributed by atoms with Crippen molar-refractivity contribution in [2.45, 2.75) is 32.9 Å². The minimum Gasteiger partial charge on any atom is -0.352 e. The summed E-state index contributed by atoms with van der Waals surface area (Å²) in [6.07, 6.45) is 0.945. The van der Waals surface area contributed by atoms with Crippen LogP contribution >= 0.6 is 0 Å². The van der Waals surface area contributed by atoms with Crippen LogP contribution < -0.4 is 10.6 Å². The van der Waals surface area contributed by atoms with Crippen molar-refractivity contribution in [3.63, 3.8) is 0 Å². The molecule has 1 fully saturated rings. The molecule has 2 N–H and O–H groups in total. The molecule has 17 heavy (non-hydrogen) atoms. The highest BCUT2D eigenvalue weighted by atomic mass is 16.1. The van der Waals surface area contributed by atoms with Gasteiger partial charge in [-0.1, -0.05) is 29.8 Å². The molecule has 0 spiro atoms. The van der Waals surface area contributed by atoms with Gasteiger partial charge in [0.25, 0.3) is 0 Å². The third kappa shape index (κ3) is 3.07. The van der Waals surface area contributed by atoms with E-state index in [2.05, 4.69) is 36.6 Å². The molecule has 1 aliphatic rings. The van der Waals surface area contributed by atoms with Gasteiger partial charge in [0.1, 0.15) is 0 Å². The predicted octanol–water partition coefficient (Wildman–Crippen LogP) is 1.61. The lowest BCUT2D eigenvalue weighted by atomic mass is 10.0. The molecule has 1 aliphatic heterocycles. The zero-order chi connectivity index (χ0) is 12.3. The molecule has 1 saturated heterocycles. The number of aryl methyl sites for hydroxylation is 1. The van der Waals surface area contributed by atoms with Crippen LogP contribution in [0, 0.1) is 12.8 Å². The van der Waals surface area contributed by atoms with E-state index in [1.54, 1.807) is 0 Å². The van der Waals surface area contributed by atoms with Gasteiger partial charge >= 0.3 is 0 Å². The lowest BCUT2D eigenvalue weighted by Crippen LogP contribution is -2.36. The number of carbonyl (C=O) groups is 1. The van der Waals surface area contributed by atoms with Gasteiger partial charge in [-0.15, -0.1) is 0 Å². The maximum absolute atomic E-state index is 12.0. The summed E-state index contributed by atoms with van der Waals surface area (Å²) in [5.41, 5.74) is 2.39. The van der Waals surface area contributed by atoms with Gasteiger partial charge in [0, 0.05) is 12.6 Å². The van der Waals surface area contributed by atoms with Crippen molar-refractivity contribution in [2.75, 3.05) is 6.54 Å². The van der Waals surface area contributed by atoms with Gasteiger partial charge in [-0.3, -0.25) is 4.79 Å². The number of hydrogen-bond donors (Lipinski definition) is 2. The van der Waals surface area contributed by atoms with Crippen molar-refractivity contribution in [3.05, 3.63) is 35.4 Å². The molecular weight excluding hydrogens is 212 g/mol. The molecule has 2 rings (SSSR count). The topological polar surface area (TPSA) is 41.1 Å². The van der Waals surface area contributed by atoms with E-state index in [0.29, 0.717) is 12.6 Å². The average Bonchev–Trinajstić information content (AvgIpc) is 2.72. The summed E-state index contributed by atoms with van der Waals surface area (Å²) in [5, 5.41) is 6.32. The van der Waals surface area contributed by atoms with Crippen LogP contribution in [0.25, 0.3) is 0 Å². The summed E-state index contributed by atoms with van der Waals surface area (Å²) >= 11 is 0. The van der Waals surface area contributed by atoms with Crippen LogP contribution in [0.3, 0.4) is 0 Å². The minimum absolute atomic E-state index is 0.125. The fourth-order valence-corrected chi connectivity index (χ4v) is 2.36. The van der Waals surface area contributed by atoms with E-state index >= 15 is 0 Å². The Labute approximate surface area is 103 Å². The molecule has 0 bridgehead atoms. The number of rotatable bonds is 3. The third-order valence-electron chi connectivity index (χ3n) is 3.41. The molecule has 3 nitrogen and oxygen atoms in total. The van der Waals surface area contributed by atoms with Gasteiger partial charge in [0.2, 0.25) is 5.91 Å². The highest BCUT2D eigenvalue weighted by Gasteiger charge is 2.28. The number of benzene rings is 1. The Kier molecular flexibility index (Phi) is 3.79. The number of amides is 1. The number of carbonyl (C=O) groups excluding carboxylic acids is 1. The Balaban J connectivity index is 1.88. The van der Waals surface area contributed by atoms with Gasteiger partial charge in [-0.05, 0) is 32.4 Å². The molecule has 1 amide bonds. The fourth-order valence-electron chi connectivity index (χ4n) is 2.36. The predicted molar refractivity (Wildman–Crippen MR) is 68.6 cm³/mol. The average molecular weight is 232 g/mol. The van der Waals surface area contributed by atoms with Crippen LogP contribution in [-0.2, 0) is 11.3 Å². The summed E-state index contributed by atoms with van der Waals surface area (Å²) in [4.78, 5) is 12.0. The molecule has 1 aromatic rings. The highest BCUT2D eigenvalue weighted by Crippen LogP contribution is 2.15. The second kappa shape index (κ2) is 5.32. The lowest BCUT2D eigenvalue weighted by Gasteiger charge is -2.15. The van der Waals surface area contributed by atoms with Crippen LogP contribution in [-0.4, -0.2) is 18.5 Å². The Bertz CT molecular complexity index is 403. The van der Waals surface area contributed by atoms with Gasteiger partial charge < -0.3 is 10.6 Å². The van der Waals surface area contributed by atoms with Gasteiger partial charge in [0.05, 0.1) is 5.92 Å². The first-order valence-electron chi connectivity index (χ1n) is 6.23. The number of nitrogens with one attached hydrogen (secondary N) is 2. The SMILES string of the molecule is Cc1cccc(CNC(=O)C2CCNC2C)c1. The van der Waals surface area contributed by atoms with E-state index in [-0.39, 0.29) is 11.8 Å².